The molecule has 1 heterocycles. The summed E-state index contributed by atoms with van der Waals surface area (Å²) in [5.74, 6) is 3.20. The molecule has 0 amide bonds. The Hall–Kier alpha value is -1.48. The summed E-state index contributed by atoms with van der Waals surface area (Å²) in [5.41, 5.74) is 0. The molecule has 1 aromatic heterocycles. The van der Waals surface area contributed by atoms with Crippen molar-refractivity contribution >= 4 is 41.5 Å². The predicted octanol–water partition coefficient (Wildman–Crippen LogP) is 3.90. The number of hydrogen-bond donors (Lipinski definition) is 1. The molecule has 6 nitrogen and oxygen atoms in total. The fourth-order valence-corrected chi connectivity index (χ4v) is 2.67. The van der Waals surface area contributed by atoms with E-state index < -0.39 is 0 Å². The molecule has 150 valence electrons. The van der Waals surface area contributed by atoms with Crippen LogP contribution in [-0.2, 0) is 13.1 Å². The van der Waals surface area contributed by atoms with Crippen molar-refractivity contribution in [1.82, 2.24) is 19.8 Å². The van der Waals surface area contributed by atoms with Gasteiger partial charge in [0.1, 0.15) is 18.2 Å². The molecular formula is C19H29ClIN5O. The van der Waals surface area contributed by atoms with Gasteiger partial charge in [-0.15, -0.1) is 24.0 Å². The van der Waals surface area contributed by atoms with Crippen molar-refractivity contribution in [2.75, 3.05) is 27.2 Å². The first-order valence-electron chi connectivity index (χ1n) is 8.79. The number of likely N-dealkylation sites (N-methyl/N-ethyl adjacent to an activating group) is 1. The Balaban J connectivity index is 0.00000364. The maximum atomic E-state index is 5.88. The van der Waals surface area contributed by atoms with Crippen molar-refractivity contribution in [3.8, 4) is 5.75 Å². The number of rotatable bonds is 8. The largest absolute Gasteiger partial charge is 0.492 e. The van der Waals surface area contributed by atoms with E-state index in [4.69, 9.17) is 16.3 Å². The third kappa shape index (κ3) is 7.96. The Morgan fingerprint density at radius 3 is 2.67 bits per heavy atom. The maximum Gasteiger partial charge on any atom is 0.193 e. The molecule has 27 heavy (non-hydrogen) atoms. The van der Waals surface area contributed by atoms with Gasteiger partial charge in [-0.2, -0.15) is 0 Å². The molecule has 0 radical (unpaired) electrons. The summed E-state index contributed by atoms with van der Waals surface area (Å²) < 4.78 is 7.92. The first-order chi connectivity index (χ1) is 12.5. The van der Waals surface area contributed by atoms with Crippen LogP contribution in [0.3, 0.4) is 0 Å². The first-order valence-corrected chi connectivity index (χ1v) is 9.17. The number of halogens is 2. The van der Waals surface area contributed by atoms with E-state index in [2.05, 4.69) is 33.7 Å². The third-order valence-corrected chi connectivity index (χ3v) is 4.10. The van der Waals surface area contributed by atoms with Crippen LogP contribution in [0.15, 0.2) is 41.7 Å². The lowest BCUT2D eigenvalue weighted by molar-refractivity contribution is 0.281. The van der Waals surface area contributed by atoms with Crippen LogP contribution in [-0.4, -0.2) is 47.7 Å². The molecule has 1 N–H and O–H groups in total. The van der Waals surface area contributed by atoms with Crippen LogP contribution in [0.1, 0.15) is 19.7 Å². The summed E-state index contributed by atoms with van der Waals surface area (Å²) in [5, 5.41) is 4.06. The second-order valence-corrected chi connectivity index (χ2v) is 6.95. The van der Waals surface area contributed by atoms with Gasteiger partial charge in [-0.05, 0) is 30.2 Å². The Morgan fingerprint density at radius 2 is 2.04 bits per heavy atom. The van der Waals surface area contributed by atoms with Gasteiger partial charge in [-0.3, -0.25) is 4.99 Å². The molecule has 0 aliphatic carbocycles. The third-order valence-electron chi connectivity index (χ3n) is 3.85. The molecule has 0 fully saturated rings. The number of hydrogen-bond acceptors (Lipinski definition) is 3. The van der Waals surface area contributed by atoms with Crippen LogP contribution in [0.2, 0.25) is 5.02 Å². The molecule has 0 aliphatic rings. The molecular weight excluding hydrogens is 477 g/mol. The van der Waals surface area contributed by atoms with Crippen molar-refractivity contribution in [1.29, 1.82) is 0 Å². The Kier molecular flexibility index (Phi) is 10.5. The number of guanidine groups is 1. The van der Waals surface area contributed by atoms with E-state index in [-0.39, 0.29) is 24.0 Å². The molecule has 0 saturated carbocycles. The SMILES string of the molecule is CN=C(NCc1nccn1CC(C)C)N(C)CCOc1ccc(Cl)cc1.I. The molecule has 0 atom stereocenters. The maximum absolute atomic E-state index is 5.88. The number of nitrogens with zero attached hydrogens (tertiary/aromatic N) is 4. The second kappa shape index (κ2) is 12.1. The van der Waals surface area contributed by atoms with E-state index in [0.29, 0.717) is 30.6 Å². The van der Waals surface area contributed by atoms with Gasteiger partial charge in [0.05, 0.1) is 13.1 Å². The highest BCUT2D eigenvalue weighted by atomic mass is 127. The van der Waals surface area contributed by atoms with Gasteiger partial charge in [0.25, 0.3) is 0 Å². The highest BCUT2D eigenvalue weighted by Gasteiger charge is 2.09. The zero-order valence-electron chi connectivity index (χ0n) is 16.4. The number of imidazole rings is 1. The average molecular weight is 506 g/mol. The summed E-state index contributed by atoms with van der Waals surface area (Å²) in [6.45, 7) is 7.26. The molecule has 0 unspecified atom stereocenters. The Labute approximate surface area is 184 Å². The molecule has 1 aromatic carbocycles. The van der Waals surface area contributed by atoms with Crippen LogP contribution < -0.4 is 10.1 Å². The minimum atomic E-state index is 0. The van der Waals surface area contributed by atoms with E-state index in [1.807, 2.05) is 48.6 Å². The van der Waals surface area contributed by atoms with Crippen molar-refractivity contribution in [3.63, 3.8) is 0 Å². The highest BCUT2D eigenvalue weighted by Crippen LogP contribution is 2.15. The smallest absolute Gasteiger partial charge is 0.193 e. The summed E-state index contributed by atoms with van der Waals surface area (Å²) in [6.07, 6.45) is 3.86. The summed E-state index contributed by atoms with van der Waals surface area (Å²) in [6, 6.07) is 7.37. The predicted molar refractivity (Wildman–Crippen MR) is 122 cm³/mol. The topological polar surface area (TPSA) is 54.7 Å². The summed E-state index contributed by atoms with van der Waals surface area (Å²) >= 11 is 5.88. The van der Waals surface area contributed by atoms with E-state index >= 15 is 0 Å². The Morgan fingerprint density at radius 1 is 1.33 bits per heavy atom. The summed E-state index contributed by atoms with van der Waals surface area (Å²) in [7, 11) is 3.76. The lowest BCUT2D eigenvalue weighted by atomic mass is 10.2. The Bertz CT molecular complexity index is 702. The molecule has 0 saturated heterocycles. The lowest BCUT2D eigenvalue weighted by Gasteiger charge is -2.22. The zero-order valence-corrected chi connectivity index (χ0v) is 19.4. The van der Waals surface area contributed by atoms with Crippen LogP contribution in [0, 0.1) is 5.92 Å². The van der Waals surface area contributed by atoms with Gasteiger partial charge in [0, 0.05) is 38.1 Å². The fourth-order valence-electron chi connectivity index (χ4n) is 2.55. The zero-order chi connectivity index (χ0) is 18.9. The first kappa shape index (κ1) is 23.6. The van der Waals surface area contributed by atoms with Crippen molar-refractivity contribution in [2.24, 2.45) is 10.9 Å². The van der Waals surface area contributed by atoms with Crippen molar-refractivity contribution in [3.05, 3.63) is 47.5 Å². The molecule has 0 bridgehead atoms. The highest BCUT2D eigenvalue weighted by molar-refractivity contribution is 14.0. The lowest BCUT2D eigenvalue weighted by Crippen LogP contribution is -2.40. The van der Waals surface area contributed by atoms with E-state index in [1.165, 1.54) is 0 Å². The quantitative estimate of drug-likeness (QED) is 0.336. The van der Waals surface area contributed by atoms with Crippen LogP contribution in [0.5, 0.6) is 5.75 Å². The summed E-state index contributed by atoms with van der Waals surface area (Å²) in [4.78, 5) is 10.8. The second-order valence-electron chi connectivity index (χ2n) is 6.51. The average Bonchev–Trinajstić information content (AvgIpc) is 3.03. The molecule has 8 heteroatoms. The van der Waals surface area contributed by atoms with Gasteiger partial charge >= 0.3 is 0 Å². The normalized spacial score (nSPS) is 11.3. The number of aliphatic imine (C=N–C) groups is 1. The van der Waals surface area contributed by atoms with Gasteiger partial charge in [-0.25, -0.2) is 4.98 Å². The van der Waals surface area contributed by atoms with Crippen LogP contribution in [0.4, 0.5) is 0 Å². The van der Waals surface area contributed by atoms with Gasteiger partial charge in [-0.1, -0.05) is 25.4 Å². The monoisotopic (exact) mass is 505 g/mol. The number of benzene rings is 1. The van der Waals surface area contributed by atoms with E-state index in [0.717, 1.165) is 24.1 Å². The van der Waals surface area contributed by atoms with Crippen molar-refractivity contribution in [2.45, 2.75) is 26.9 Å². The van der Waals surface area contributed by atoms with Crippen molar-refractivity contribution < 1.29 is 4.74 Å². The van der Waals surface area contributed by atoms with Crippen LogP contribution >= 0.6 is 35.6 Å². The molecule has 0 aliphatic heterocycles. The molecule has 2 rings (SSSR count). The van der Waals surface area contributed by atoms with E-state index in [9.17, 15) is 0 Å². The standard InChI is InChI=1S/C19H28ClN5O.HI/c1-15(2)14-25-10-9-22-18(25)13-23-19(21-3)24(4)11-12-26-17-7-5-16(20)6-8-17;/h5-10,15H,11-14H2,1-4H3,(H,21,23);1H. The number of ether oxygens (including phenoxy) is 1. The van der Waals surface area contributed by atoms with Gasteiger partial charge < -0.3 is 19.5 Å². The minimum Gasteiger partial charge on any atom is -0.492 e. The number of aromatic nitrogens is 2. The molecule has 0 spiro atoms. The molecule has 2 aromatic rings. The fraction of sp³-hybridized carbons (Fsp3) is 0.474. The van der Waals surface area contributed by atoms with E-state index in [1.54, 1.807) is 7.05 Å². The van der Waals surface area contributed by atoms with Gasteiger partial charge in [0.2, 0.25) is 0 Å². The van der Waals surface area contributed by atoms with Crippen LogP contribution in [0.25, 0.3) is 0 Å². The minimum absolute atomic E-state index is 0. The number of nitrogens with one attached hydrogen (secondary N) is 1. The van der Waals surface area contributed by atoms with Gasteiger partial charge in [0.15, 0.2) is 5.96 Å².